The van der Waals surface area contributed by atoms with Crippen molar-refractivity contribution in [2.45, 2.75) is 57.3 Å². The van der Waals surface area contributed by atoms with E-state index in [4.69, 9.17) is 4.52 Å². The van der Waals surface area contributed by atoms with Crippen LogP contribution in [-0.4, -0.2) is 42.1 Å². The van der Waals surface area contributed by atoms with Crippen molar-refractivity contribution in [3.63, 3.8) is 0 Å². The highest BCUT2D eigenvalue weighted by Gasteiger charge is 2.29. The van der Waals surface area contributed by atoms with Crippen molar-refractivity contribution in [1.29, 1.82) is 0 Å². The van der Waals surface area contributed by atoms with Gasteiger partial charge in [-0.2, -0.15) is 0 Å². The Morgan fingerprint density at radius 3 is 2.70 bits per heavy atom. The van der Waals surface area contributed by atoms with Crippen molar-refractivity contribution in [2.75, 3.05) is 31.1 Å². The van der Waals surface area contributed by atoms with Crippen LogP contribution in [-0.2, 0) is 24.1 Å². The molecule has 4 heterocycles. The smallest absolute Gasteiger partial charge is 0.227 e. The Bertz CT molecular complexity index is 1180. The summed E-state index contributed by atoms with van der Waals surface area (Å²) in [5.74, 6) is 0.395. The Morgan fingerprint density at radius 1 is 1.03 bits per heavy atom. The standard InChI is InChI=1S/C27H30FN3O2/c28-22-6-7-23-24(17-22)33-29-26(23)19-9-13-30(14-10-19)11-1-3-18-15-20-4-2-12-31-25(32)8-5-21(16-18)27(20)31/h6-7,15-17,19H,1-5,8-14H2. The number of piperidine rings is 1. The van der Waals surface area contributed by atoms with Crippen molar-refractivity contribution in [3.05, 3.63) is 58.5 Å². The van der Waals surface area contributed by atoms with Crippen molar-refractivity contribution in [3.8, 4) is 0 Å². The summed E-state index contributed by atoms with van der Waals surface area (Å²) in [6.07, 6.45) is 8.08. The quantitative estimate of drug-likeness (QED) is 0.552. The lowest BCUT2D eigenvalue weighted by Gasteiger charge is -2.35. The van der Waals surface area contributed by atoms with Crippen molar-refractivity contribution in [2.24, 2.45) is 0 Å². The number of fused-ring (bicyclic) bond motifs is 1. The molecule has 1 fully saturated rings. The number of rotatable bonds is 5. The predicted molar refractivity (Wildman–Crippen MR) is 126 cm³/mol. The van der Waals surface area contributed by atoms with Crippen LogP contribution in [0.5, 0.6) is 0 Å². The highest BCUT2D eigenvalue weighted by atomic mass is 19.1. The second kappa shape index (κ2) is 8.56. The molecule has 2 aromatic carbocycles. The van der Waals surface area contributed by atoms with Crippen LogP contribution >= 0.6 is 0 Å². The first-order chi connectivity index (χ1) is 16.2. The molecule has 0 saturated carbocycles. The Labute approximate surface area is 193 Å². The van der Waals surface area contributed by atoms with Crippen LogP contribution in [0, 0.1) is 5.82 Å². The fraction of sp³-hybridized carbons (Fsp3) is 0.481. The van der Waals surface area contributed by atoms with E-state index in [1.54, 1.807) is 6.07 Å². The molecule has 0 bridgehead atoms. The topological polar surface area (TPSA) is 49.6 Å². The monoisotopic (exact) mass is 447 g/mol. The Hall–Kier alpha value is -2.73. The third kappa shape index (κ3) is 3.95. The fourth-order valence-corrected chi connectivity index (χ4v) is 6.03. The first-order valence-electron chi connectivity index (χ1n) is 12.4. The summed E-state index contributed by atoms with van der Waals surface area (Å²) >= 11 is 0. The number of anilines is 1. The van der Waals surface area contributed by atoms with Gasteiger partial charge in [-0.1, -0.05) is 17.3 Å². The number of hydrogen-bond acceptors (Lipinski definition) is 4. The number of benzene rings is 2. The minimum atomic E-state index is -0.283. The van der Waals surface area contributed by atoms with E-state index in [2.05, 4.69) is 22.2 Å². The van der Waals surface area contributed by atoms with Crippen LogP contribution in [0.3, 0.4) is 0 Å². The molecule has 33 heavy (non-hydrogen) atoms. The number of aromatic nitrogens is 1. The molecule has 3 aliphatic rings. The molecule has 0 unspecified atom stereocenters. The van der Waals surface area contributed by atoms with E-state index >= 15 is 0 Å². The fourth-order valence-electron chi connectivity index (χ4n) is 6.03. The third-order valence-electron chi connectivity index (χ3n) is 7.71. The van der Waals surface area contributed by atoms with E-state index in [0.29, 0.717) is 23.8 Å². The average Bonchev–Trinajstić information content (AvgIpc) is 3.25. The Kier molecular flexibility index (Phi) is 5.41. The number of amides is 1. The highest BCUT2D eigenvalue weighted by molar-refractivity contribution is 5.97. The van der Waals surface area contributed by atoms with Gasteiger partial charge >= 0.3 is 0 Å². The van der Waals surface area contributed by atoms with E-state index in [-0.39, 0.29) is 5.82 Å². The van der Waals surface area contributed by atoms with Gasteiger partial charge in [0.1, 0.15) is 5.82 Å². The molecule has 5 nitrogen and oxygen atoms in total. The average molecular weight is 448 g/mol. The maximum absolute atomic E-state index is 13.4. The van der Waals surface area contributed by atoms with Crippen LogP contribution in [0.2, 0.25) is 0 Å². The number of hydrogen-bond donors (Lipinski definition) is 0. The number of aryl methyl sites for hydroxylation is 3. The zero-order chi connectivity index (χ0) is 22.4. The minimum absolute atomic E-state index is 0.283. The molecule has 0 spiro atoms. The molecule has 6 heteroatoms. The van der Waals surface area contributed by atoms with E-state index in [9.17, 15) is 9.18 Å². The zero-order valence-electron chi connectivity index (χ0n) is 19.0. The maximum atomic E-state index is 13.4. The summed E-state index contributed by atoms with van der Waals surface area (Å²) in [6.45, 7) is 4.11. The van der Waals surface area contributed by atoms with Gasteiger partial charge in [0.2, 0.25) is 5.91 Å². The molecule has 3 aliphatic heterocycles. The molecule has 0 atom stereocenters. The normalized spacial score (nSPS) is 19.3. The molecule has 1 amide bonds. The Balaban J connectivity index is 1.05. The van der Waals surface area contributed by atoms with E-state index in [1.165, 1.54) is 34.5 Å². The van der Waals surface area contributed by atoms with Crippen molar-refractivity contribution in [1.82, 2.24) is 10.1 Å². The molecule has 172 valence electrons. The molecule has 0 aliphatic carbocycles. The van der Waals surface area contributed by atoms with Crippen LogP contribution < -0.4 is 4.90 Å². The van der Waals surface area contributed by atoms with Crippen molar-refractivity contribution >= 4 is 22.6 Å². The second-order valence-corrected chi connectivity index (χ2v) is 9.84. The van der Waals surface area contributed by atoms with Crippen LogP contribution in [0.1, 0.15) is 60.4 Å². The van der Waals surface area contributed by atoms with Gasteiger partial charge in [0.15, 0.2) is 5.58 Å². The molecule has 6 rings (SSSR count). The van der Waals surface area contributed by atoms with E-state index in [1.807, 2.05) is 4.90 Å². The lowest BCUT2D eigenvalue weighted by atomic mass is 9.88. The van der Waals surface area contributed by atoms with Crippen LogP contribution in [0.25, 0.3) is 11.0 Å². The van der Waals surface area contributed by atoms with E-state index < -0.39 is 0 Å². The zero-order valence-corrected chi connectivity index (χ0v) is 19.0. The van der Waals surface area contributed by atoms with Gasteiger partial charge in [-0.3, -0.25) is 4.79 Å². The number of carbonyl (C=O) groups excluding carboxylic acids is 1. The summed E-state index contributed by atoms with van der Waals surface area (Å²) in [6, 6.07) is 9.42. The SMILES string of the molecule is O=C1CCc2cc(CCCN3CCC(c4noc5cc(F)ccc45)CC3)cc3c2N1CCC3. The first kappa shape index (κ1) is 20.8. The Morgan fingerprint density at radius 2 is 1.85 bits per heavy atom. The first-order valence-corrected chi connectivity index (χ1v) is 12.4. The largest absolute Gasteiger partial charge is 0.356 e. The van der Waals surface area contributed by atoms with Crippen LogP contribution in [0.15, 0.2) is 34.9 Å². The third-order valence-corrected chi connectivity index (χ3v) is 7.71. The van der Waals surface area contributed by atoms with Gasteiger partial charge in [0, 0.05) is 30.3 Å². The van der Waals surface area contributed by atoms with Crippen LogP contribution in [0.4, 0.5) is 10.1 Å². The number of nitrogens with zero attached hydrogens (tertiary/aromatic N) is 3. The van der Waals surface area contributed by atoms with E-state index in [0.717, 1.165) is 82.2 Å². The van der Waals surface area contributed by atoms with Gasteiger partial charge in [0.05, 0.1) is 11.4 Å². The second-order valence-electron chi connectivity index (χ2n) is 9.84. The molecule has 3 aromatic rings. The lowest BCUT2D eigenvalue weighted by Crippen LogP contribution is -2.39. The van der Waals surface area contributed by atoms with Crippen molar-refractivity contribution < 1.29 is 13.7 Å². The van der Waals surface area contributed by atoms with Gasteiger partial charge in [-0.05, 0) is 93.4 Å². The summed E-state index contributed by atoms with van der Waals surface area (Å²) in [7, 11) is 0. The molecular weight excluding hydrogens is 417 g/mol. The minimum Gasteiger partial charge on any atom is -0.356 e. The number of likely N-dealkylation sites (tertiary alicyclic amines) is 1. The summed E-state index contributed by atoms with van der Waals surface area (Å²) in [4.78, 5) is 16.9. The van der Waals surface area contributed by atoms with Gasteiger partial charge in [-0.15, -0.1) is 0 Å². The number of carbonyl (C=O) groups is 1. The maximum Gasteiger partial charge on any atom is 0.227 e. The van der Waals surface area contributed by atoms with Gasteiger partial charge in [-0.25, -0.2) is 4.39 Å². The summed E-state index contributed by atoms with van der Waals surface area (Å²) in [5, 5.41) is 5.22. The van der Waals surface area contributed by atoms with Gasteiger partial charge in [0.25, 0.3) is 0 Å². The highest BCUT2D eigenvalue weighted by Crippen LogP contribution is 2.37. The predicted octanol–water partition coefficient (Wildman–Crippen LogP) is 5.00. The number of halogens is 1. The summed E-state index contributed by atoms with van der Waals surface area (Å²) < 4.78 is 18.8. The molecular formula is C27H30FN3O2. The molecule has 0 radical (unpaired) electrons. The molecule has 1 saturated heterocycles. The van der Waals surface area contributed by atoms with Gasteiger partial charge < -0.3 is 14.3 Å². The molecule has 1 aromatic heterocycles. The summed E-state index contributed by atoms with van der Waals surface area (Å²) in [5.41, 5.74) is 6.94. The lowest BCUT2D eigenvalue weighted by molar-refractivity contribution is -0.119. The molecule has 0 N–H and O–H groups in total.